The number of thioether (sulfide) groups is 1. The summed E-state index contributed by atoms with van der Waals surface area (Å²) in [6.07, 6.45) is 1.95. The lowest BCUT2D eigenvalue weighted by molar-refractivity contribution is -0.152. The van der Waals surface area contributed by atoms with Crippen LogP contribution in [0.5, 0.6) is 0 Å². The molecule has 9 nitrogen and oxygen atoms in total. The maximum atomic E-state index is 12.5. The molecule has 2 aliphatic rings. The number of rotatable bonds is 5. The molecular formula is C13H19N7O2S. The second kappa shape index (κ2) is 5.60. The number of carbonyl (C=O) groups excluding carboxylic acids is 2. The van der Waals surface area contributed by atoms with Crippen molar-refractivity contribution in [2.24, 2.45) is 5.73 Å². The molecular weight excluding hydrogens is 318 g/mol. The molecule has 0 bridgehead atoms. The number of tetrazole rings is 1. The SMILES string of the molecule is C=CCC(N)C(=O)NC1C(=O)N2C(c3nnn[nH]3)C(C)(C)S[C@@H]12. The minimum absolute atomic E-state index is 0.145. The van der Waals surface area contributed by atoms with Crippen LogP contribution in [0.25, 0.3) is 0 Å². The van der Waals surface area contributed by atoms with Gasteiger partial charge in [0.25, 0.3) is 0 Å². The number of nitrogens with zero attached hydrogens (tertiary/aromatic N) is 4. The number of carbonyl (C=O) groups is 2. The fourth-order valence-electron chi connectivity index (χ4n) is 3.02. The van der Waals surface area contributed by atoms with Crippen molar-refractivity contribution in [3.8, 4) is 0 Å². The summed E-state index contributed by atoms with van der Waals surface area (Å²) in [5, 5.41) is 16.4. The first-order chi connectivity index (χ1) is 10.9. The van der Waals surface area contributed by atoms with Gasteiger partial charge >= 0.3 is 0 Å². The van der Waals surface area contributed by atoms with E-state index >= 15 is 0 Å². The van der Waals surface area contributed by atoms with Gasteiger partial charge in [0.1, 0.15) is 17.5 Å². The number of H-pyrrole nitrogens is 1. The zero-order chi connectivity index (χ0) is 16.8. The number of hydrogen-bond acceptors (Lipinski definition) is 7. The molecule has 4 atom stereocenters. The van der Waals surface area contributed by atoms with Gasteiger partial charge in [-0.05, 0) is 30.7 Å². The van der Waals surface area contributed by atoms with Crippen LogP contribution in [-0.2, 0) is 9.59 Å². The zero-order valence-electron chi connectivity index (χ0n) is 12.9. The molecule has 0 spiro atoms. The Morgan fingerprint density at radius 1 is 1.65 bits per heavy atom. The minimum atomic E-state index is -0.692. The highest BCUT2D eigenvalue weighted by Gasteiger charge is 2.63. The summed E-state index contributed by atoms with van der Waals surface area (Å²) in [5.74, 6) is 0.0613. The Hall–Kier alpha value is -1.94. The van der Waals surface area contributed by atoms with Crippen LogP contribution in [0, 0.1) is 0 Å². The van der Waals surface area contributed by atoms with Gasteiger partial charge in [-0.2, -0.15) is 0 Å². The summed E-state index contributed by atoms with van der Waals surface area (Å²) in [4.78, 5) is 26.3. The predicted molar refractivity (Wildman–Crippen MR) is 83.9 cm³/mol. The summed E-state index contributed by atoms with van der Waals surface area (Å²) >= 11 is 1.62. The molecule has 0 aromatic carbocycles. The molecule has 0 radical (unpaired) electrons. The van der Waals surface area contributed by atoms with Crippen molar-refractivity contribution >= 4 is 23.6 Å². The highest BCUT2D eigenvalue weighted by molar-refractivity contribution is 8.01. The van der Waals surface area contributed by atoms with E-state index in [-0.39, 0.29) is 28.0 Å². The molecule has 0 aliphatic carbocycles. The van der Waals surface area contributed by atoms with Gasteiger partial charge in [0.05, 0.1) is 6.04 Å². The molecule has 3 rings (SSSR count). The van der Waals surface area contributed by atoms with Gasteiger partial charge in [-0.3, -0.25) is 9.59 Å². The molecule has 2 saturated heterocycles. The second-order valence-electron chi connectivity index (χ2n) is 6.16. The van der Waals surface area contributed by atoms with Gasteiger partial charge < -0.3 is 16.0 Å². The number of amides is 2. The van der Waals surface area contributed by atoms with Gasteiger partial charge in [0, 0.05) is 4.75 Å². The van der Waals surface area contributed by atoms with Crippen molar-refractivity contribution in [2.45, 2.75) is 48.5 Å². The monoisotopic (exact) mass is 337 g/mol. The van der Waals surface area contributed by atoms with Gasteiger partial charge in [-0.15, -0.1) is 23.4 Å². The van der Waals surface area contributed by atoms with E-state index in [0.29, 0.717) is 12.2 Å². The van der Waals surface area contributed by atoms with E-state index in [2.05, 4.69) is 32.5 Å². The van der Waals surface area contributed by atoms with Crippen LogP contribution in [-0.4, -0.2) is 59.5 Å². The molecule has 1 aromatic heterocycles. The predicted octanol–water partition coefficient (Wildman–Crippen LogP) is -0.677. The van der Waals surface area contributed by atoms with Crippen LogP contribution in [0.1, 0.15) is 32.1 Å². The Morgan fingerprint density at radius 3 is 3.00 bits per heavy atom. The van der Waals surface area contributed by atoms with Crippen LogP contribution in [0.2, 0.25) is 0 Å². The van der Waals surface area contributed by atoms with E-state index in [0.717, 1.165) is 0 Å². The standard InChI is InChI=1S/C13H19N7O2S/c1-4-5-6(14)10(21)15-7-11(22)20-8(9-16-18-19-17-9)13(2,3)23-12(7)20/h4,6-8,12H,1,5,14H2,2-3H3,(H,15,21)(H,16,17,18,19)/t6?,7?,8?,12-/m0/s1. The molecule has 124 valence electrons. The van der Waals surface area contributed by atoms with Crippen molar-refractivity contribution in [1.29, 1.82) is 0 Å². The number of β-lactam (4-membered cyclic amide) rings is 1. The highest BCUT2D eigenvalue weighted by atomic mass is 32.2. The Morgan fingerprint density at radius 2 is 2.39 bits per heavy atom. The van der Waals surface area contributed by atoms with E-state index in [4.69, 9.17) is 5.73 Å². The zero-order valence-corrected chi connectivity index (χ0v) is 13.7. The van der Waals surface area contributed by atoms with Gasteiger partial charge in [0.15, 0.2) is 5.82 Å². The Kier molecular flexibility index (Phi) is 3.88. The van der Waals surface area contributed by atoms with E-state index in [1.54, 1.807) is 22.7 Å². The fourth-order valence-corrected chi connectivity index (χ4v) is 4.66. The average Bonchev–Trinajstić information content (AvgIpc) is 3.09. The maximum absolute atomic E-state index is 12.5. The lowest BCUT2D eigenvalue weighted by Crippen LogP contribution is -2.69. The van der Waals surface area contributed by atoms with E-state index < -0.39 is 12.1 Å². The molecule has 2 amide bonds. The Bertz CT molecular complexity index is 632. The number of fused-ring (bicyclic) bond motifs is 1. The first-order valence-electron chi connectivity index (χ1n) is 7.27. The van der Waals surface area contributed by atoms with Gasteiger partial charge in [0.2, 0.25) is 11.8 Å². The van der Waals surface area contributed by atoms with E-state index in [1.807, 2.05) is 13.8 Å². The van der Waals surface area contributed by atoms with Crippen LogP contribution in [0.15, 0.2) is 12.7 Å². The third-order valence-corrected chi connectivity index (χ3v) is 5.69. The van der Waals surface area contributed by atoms with E-state index in [1.165, 1.54) is 0 Å². The summed E-state index contributed by atoms with van der Waals surface area (Å²) < 4.78 is -0.274. The summed E-state index contributed by atoms with van der Waals surface area (Å²) in [5.41, 5.74) is 5.75. The van der Waals surface area contributed by atoms with Crippen LogP contribution in [0.4, 0.5) is 0 Å². The second-order valence-corrected chi connectivity index (χ2v) is 7.93. The average molecular weight is 337 g/mol. The largest absolute Gasteiger partial charge is 0.340 e. The third-order valence-electron chi connectivity index (χ3n) is 4.12. The van der Waals surface area contributed by atoms with Crippen molar-refractivity contribution in [2.75, 3.05) is 0 Å². The van der Waals surface area contributed by atoms with Crippen molar-refractivity contribution < 1.29 is 9.59 Å². The molecule has 2 fully saturated rings. The van der Waals surface area contributed by atoms with Crippen molar-refractivity contribution in [1.82, 2.24) is 30.8 Å². The summed E-state index contributed by atoms with van der Waals surface area (Å²) in [6.45, 7) is 7.61. The highest BCUT2D eigenvalue weighted by Crippen LogP contribution is 2.56. The smallest absolute Gasteiger partial charge is 0.249 e. The number of nitrogens with two attached hydrogens (primary N) is 1. The number of aromatic amines is 1. The van der Waals surface area contributed by atoms with Gasteiger partial charge in [-0.25, -0.2) is 5.10 Å². The first-order valence-corrected chi connectivity index (χ1v) is 8.15. The topological polar surface area (TPSA) is 130 Å². The molecule has 10 heteroatoms. The van der Waals surface area contributed by atoms with Gasteiger partial charge in [-0.1, -0.05) is 6.08 Å². The van der Waals surface area contributed by atoms with Crippen LogP contribution >= 0.6 is 11.8 Å². The molecule has 2 aliphatic heterocycles. The first kappa shape index (κ1) is 15.9. The van der Waals surface area contributed by atoms with Crippen molar-refractivity contribution in [3.63, 3.8) is 0 Å². The normalized spacial score (nSPS) is 29.6. The third kappa shape index (κ3) is 2.51. The Labute approximate surface area is 137 Å². The quantitative estimate of drug-likeness (QED) is 0.479. The molecule has 1 aromatic rings. The summed E-state index contributed by atoms with van der Waals surface area (Å²) in [7, 11) is 0. The lowest BCUT2D eigenvalue weighted by atomic mass is 9.95. The fraction of sp³-hybridized carbons (Fsp3) is 0.615. The summed E-state index contributed by atoms with van der Waals surface area (Å²) in [6, 6.07) is -1.51. The maximum Gasteiger partial charge on any atom is 0.249 e. The molecule has 4 N–H and O–H groups in total. The molecule has 3 unspecified atom stereocenters. The Balaban J connectivity index is 1.75. The number of aromatic nitrogens is 4. The minimum Gasteiger partial charge on any atom is -0.340 e. The lowest BCUT2D eigenvalue weighted by Gasteiger charge is -2.44. The molecule has 23 heavy (non-hydrogen) atoms. The van der Waals surface area contributed by atoms with Crippen LogP contribution < -0.4 is 11.1 Å². The van der Waals surface area contributed by atoms with Crippen molar-refractivity contribution in [3.05, 3.63) is 18.5 Å². The molecule has 3 heterocycles. The molecule has 0 saturated carbocycles. The van der Waals surface area contributed by atoms with E-state index in [9.17, 15) is 9.59 Å². The van der Waals surface area contributed by atoms with Crippen LogP contribution in [0.3, 0.4) is 0 Å². The number of nitrogens with one attached hydrogen (secondary N) is 2. The number of hydrogen-bond donors (Lipinski definition) is 3.